The van der Waals surface area contributed by atoms with Gasteiger partial charge in [0.15, 0.2) is 11.8 Å². The van der Waals surface area contributed by atoms with E-state index in [0.717, 1.165) is 24.8 Å². The van der Waals surface area contributed by atoms with Crippen LogP contribution in [0, 0.1) is 5.41 Å². The molecular formula is C41H59N3O8. The minimum Gasteiger partial charge on any atom is -0.495 e. The van der Waals surface area contributed by atoms with Crippen LogP contribution >= 0.6 is 0 Å². The average Bonchev–Trinajstić information content (AvgIpc) is 3.34. The molecule has 1 fully saturated rings. The van der Waals surface area contributed by atoms with Crippen molar-refractivity contribution in [2.75, 3.05) is 25.6 Å². The Kier molecular flexibility index (Phi) is 17.3. The molecule has 1 heterocycles. The van der Waals surface area contributed by atoms with E-state index in [9.17, 15) is 24.0 Å². The van der Waals surface area contributed by atoms with Crippen molar-refractivity contribution in [3.63, 3.8) is 0 Å². The number of imide groups is 1. The van der Waals surface area contributed by atoms with E-state index in [1.807, 2.05) is 6.07 Å². The predicted molar refractivity (Wildman–Crippen MR) is 201 cm³/mol. The van der Waals surface area contributed by atoms with Crippen molar-refractivity contribution >= 4 is 35.3 Å². The molecule has 11 nitrogen and oxygen atoms in total. The summed E-state index contributed by atoms with van der Waals surface area (Å²) in [5, 5.41) is 2.66. The molecule has 2 aromatic rings. The first kappa shape index (κ1) is 42.2. The van der Waals surface area contributed by atoms with Crippen molar-refractivity contribution in [2.45, 2.75) is 130 Å². The number of methoxy groups -OCH3 is 1. The molecule has 1 aliphatic heterocycles. The van der Waals surface area contributed by atoms with Gasteiger partial charge in [0.25, 0.3) is 11.8 Å². The molecule has 2 aromatic carbocycles. The Morgan fingerprint density at radius 2 is 1.42 bits per heavy atom. The van der Waals surface area contributed by atoms with Gasteiger partial charge in [-0.25, -0.2) is 14.5 Å². The van der Waals surface area contributed by atoms with Gasteiger partial charge in [0.2, 0.25) is 6.23 Å². The molecule has 11 heteroatoms. The summed E-state index contributed by atoms with van der Waals surface area (Å²) < 4.78 is 16.6. The molecule has 286 valence electrons. The van der Waals surface area contributed by atoms with Gasteiger partial charge >= 0.3 is 12.0 Å². The number of hydrogen-bond donors (Lipinski definition) is 1. The van der Waals surface area contributed by atoms with Crippen LogP contribution in [0.5, 0.6) is 5.75 Å². The number of nitrogens with zero attached hydrogens (tertiary/aromatic N) is 2. The third-order valence-corrected chi connectivity index (χ3v) is 9.12. The first-order valence-corrected chi connectivity index (χ1v) is 18.9. The highest BCUT2D eigenvalue weighted by Gasteiger charge is 2.54. The monoisotopic (exact) mass is 721 g/mol. The number of carbonyl (C=O) groups is 5. The van der Waals surface area contributed by atoms with Gasteiger partial charge in [-0.1, -0.05) is 129 Å². The number of anilines is 1. The fourth-order valence-corrected chi connectivity index (χ4v) is 6.16. The predicted octanol–water partition coefficient (Wildman–Crippen LogP) is 8.30. The molecule has 0 saturated carbocycles. The molecule has 0 bridgehead atoms. The number of Topliss-reactive ketones (excluding diaryl/α,β-unsaturated/α-hetero) is 1. The number of unbranched alkanes of at least 4 members (excludes halogenated alkanes) is 11. The standard InChI is InChI=1S/C41H59N3O8/c1-7-9-10-11-12-13-14-15-16-17-18-22-27-52-39(48)31-25-26-33(50-6)32(28-31)42-36(46)34(35(45)41(3,4)5)44-37(47)38(51-8-2)43(40(44)49)29-30-23-20-19-21-24-30/h19-21,23-26,28,34,38H,7-18,22,27,29H2,1-6H3,(H,42,46). The van der Waals surface area contributed by atoms with Crippen LogP contribution in [0.4, 0.5) is 10.5 Å². The van der Waals surface area contributed by atoms with Gasteiger partial charge in [0.1, 0.15) is 5.75 Å². The highest BCUT2D eigenvalue weighted by atomic mass is 16.5. The van der Waals surface area contributed by atoms with Gasteiger partial charge in [-0.2, -0.15) is 0 Å². The number of rotatable bonds is 23. The highest BCUT2D eigenvalue weighted by molar-refractivity contribution is 6.19. The van der Waals surface area contributed by atoms with Crippen LogP contribution in [-0.4, -0.2) is 72.0 Å². The van der Waals surface area contributed by atoms with Crippen LogP contribution in [0.3, 0.4) is 0 Å². The van der Waals surface area contributed by atoms with Gasteiger partial charge in [-0.3, -0.25) is 19.3 Å². The Morgan fingerprint density at radius 1 is 0.827 bits per heavy atom. The van der Waals surface area contributed by atoms with Crippen LogP contribution in [0.25, 0.3) is 0 Å². The van der Waals surface area contributed by atoms with Crippen molar-refractivity contribution < 1.29 is 38.2 Å². The van der Waals surface area contributed by atoms with Crippen LogP contribution in [0.15, 0.2) is 48.5 Å². The second-order valence-corrected chi connectivity index (χ2v) is 14.4. The third kappa shape index (κ3) is 12.2. The lowest BCUT2D eigenvalue weighted by Gasteiger charge is -2.29. The molecule has 2 unspecified atom stereocenters. The molecule has 0 spiro atoms. The summed E-state index contributed by atoms with van der Waals surface area (Å²) in [5.74, 6) is -2.75. The Hall–Kier alpha value is -4.25. The number of hydrogen-bond acceptors (Lipinski definition) is 8. The summed E-state index contributed by atoms with van der Waals surface area (Å²) in [4.78, 5) is 70.5. The molecule has 1 aliphatic rings. The summed E-state index contributed by atoms with van der Waals surface area (Å²) in [6.45, 7) is 9.16. The Labute approximate surface area is 309 Å². The number of benzene rings is 2. The van der Waals surface area contributed by atoms with Crippen molar-refractivity contribution in [3.8, 4) is 5.75 Å². The quantitative estimate of drug-likeness (QED) is 0.0525. The smallest absolute Gasteiger partial charge is 0.338 e. The average molecular weight is 722 g/mol. The Bertz CT molecular complexity index is 1470. The second-order valence-electron chi connectivity index (χ2n) is 14.4. The van der Waals surface area contributed by atoms with Crippen molar-refractivity contribution in [1.82, 2.24) is 9.80 Å². The second kappa shape index (κ2) is 21.3. The highest BCUT2D eigenvalue weighted by Crippen LogP contribution is 2.31. The first-order chi connectivity index (χ1) is 24.9. The lowest BCUT2D eigenvalue weighted by Crippen LogP contribution is -2.55. The van der Waals surface area contributed by atoms with E-state index in [2.05, 4.69) is 12.2 Å². The van der Waals surface area contributed by atoms with Crippen LogP contribution < -0.4 is 10.1 Å². The number of ketones is 1. The maximum atomic E-state index is 14.1. The lowest BCUT2D eigenvalue weighted by molar-refractivity contribution is -0.149. The van der Waals surface area contributed by atoms with E-state index in [0.29, 0.717) is 4.90 Å². The van der Waals surface area contributed by atoms with E-state index in [-0.39, 0.29) is 36.8 Å². The molecule has 2 atom stereocenters. The number of ether oxygens (including phenoxy) is 3. The molecule has 0 aromatic heterocycles. The molecule has 0 radical (unpaired) electrons. The van der Waals surface area contributed by atoms with E-state index < -0.39 is 47.3 Å². The largest absolute Gasteiger partial charge is 0.495 e. The number of urea groups is 1. The van der Waals surface area contributed by atoms with Gasteiger partial charge in [-0.15, -0.1) is 0 Å². The topological polar surface area (TPSA) is 132 Å². The van der Waals surface area contributed by atoms with E-state index in [1.54, 1.807) is 52.0 Å². The molecule has 4 amide bonds. The summed E-state index contributed by atoms with van der Waals surface area (Å²) in [7, 11) is 1.40. The fourth-order valence-electron chi connectivity index (χ4n) is 6.16. The van der Waals surface area contributed by atoms with Gasteiger partial charge < -0.3 is 19.5 Å². The molecular weight excluding hydrogens is 662 g/mol. The SMILES string of the molecule is CCCCCCCCCCCCCCOC(=O)c1ccc(OC)c(NC(=O)C(C(=O)C(C)(C)C)N2C(=O)C(OCC)N(Cc3ccccc3)C2=O)c1. The number of nitrogens with one attached hydrogen (secondary N) is 1. The Morgan fingerprint density at radius 3 is 1.98 bits per heavy atom. The molecule has 3 rings (SSSR count). The maximum Gasteiger partial charge on any atom is 0.338 e. The zero-order valence-electron chi connectivity index (χ0n) is 32.0. The fraction of sp³-hybridized carbons (Fsp3) is 0.585. The van der Waals surface area contributed by atoms with E-state index >= 15 is 0 Å². The number of carbonyl (C=O) groups excluding carboxylic acids is 5. The zero-order chi connectivity index (χ0) is 38.1. The van der Waals surface area contributed by atoms with Crippen molar-refractivity contribution in [2.24, 2.45) is 5.41 Å². The summed E-state index contributed by atoms with van der Waals surface area (Å²) in [5.41, 5.74) is -0.112. The van der Waals surface area contributed by atoms with E-state index in [1.165, 1.54) is 88.0 Å². The van der Waals surface area contributed by atoms with Gasteiger partial charge in [0.05, 0.1) is 31.5 Å². The van der Waals surface area contributed by atoms with Gasteiger partial charge in [-0.05, 0) is 37.1 Å². The third-order valence-electron chi connectivity index (χ3n) is 9.12. The molecule has 1 N–H and O–H groups in total. The Balaban J connectivity index is 1.67. The maximum absolute atomic E-state index is 14.1. The minimum absolute atomic E-state index is 0.0296. The summed E-state index contributed by atoms with van der Waals surface area (Å²) >= 11 is 0. The number of esters is 1. The summed E-state index contributed by atoms with van der Waals surface area (Å²) in [6.07, 6.45) is 13.1. The zero-order valence-corrected chi connectivity index (χ0v) is 32.0. The number of amides is 4. The van der Waals surface area contributed by atoms with E-state index in [4.69, 9.17) is 14.2 Å². The minimum atomic E-state index is -1.82. The van der Waals surface area contributed by atoms with Crippen molar-refractivity contribution in [1.29, 1.82) is 0 Å². The summed E-state index contributed by atoms with van der Waals surface area (Å²) in [6, 6.07) is 10.8. The van der Waals surface area contributed by atoms with Crippen LogP contribution in [0.1, 0.15) is 128 Å². The normalized spacial score (nSPS) is 15.2. The van der Waals surface area contributed by atoms with Crippen LogP contribution in [-0.2, 0) is 30.4 Å². The molecule has 52 heavy (non-hydrogen) atoms. The lowest BCUT2D eigenvalue weighted by atomic mass is 9.85. The van der Waals surface area contributed by atoms with Crippen molar-refractivity contribution in [3.05, 3.63) is 59.7 Å². The van der Waals surface area contributed by atoms with Crippen LogP contribution in [0.2, 0.25) is 0 Å². The first-order valence-electron chi connectivity index (χ1n) is 18.9. The molecule has 0 aliphatic carbocycles. The van der Waals surface area contributed by atoms with Gasteiger partial charge in [0, 0.05) is 12.0 Å². The molecule has 1 saturated heterocycles.